The quantitative estimate of drug-likeness (QED) is 0.393. The minimum absolute atomic E-state index is 0.146. The van der Waals surface area contributed by atoms with E-state index >= 15 is 0 Å². The fourth-order valence-corrected chi connectivity index (χ4v) is 5.02. The number of aliphatic hydroxyl groups is 5. The molecular weight excluding hydrogens is 326 g/mol. The number of nitrogen functional groups attached to an aromatic ring is 1. The molecule has 1 aromatic carbocycles. The van der Waals surface area contributed by atoms with Crippen LogP contribution in [0.25, 0.3) is 0 Å². The summed E-state index contributed by atoms with van der Waals surface area (Å²) in [7, 11) is 0. The molecule has 1 aliphatic heterocycles. The Morgan fingerprint density at radius 3 is 2.00 bits per heavy atom. The van der Waals surface area contributed by atoms with E-state index in [-0.39, 0.29) is 11.3 Å². The summed E-state index contributed by atoms with van der Waals surface area (Å²) in [5, 5.41) is 55.2. The van der Waals surface area contributed by atoms with E-state index in [1.54, 1.807) is 45.9 Å². The van der Waals surface area contributed by atoms with Gasteiger partial charge in [0.2, 0.25) is 5.79 Å². The van der Waals surface area contributed by atoms with E-state index in [4.69, 9.17) is 10.5 Å². The Morgan fingerprint density at radius 1 is 1.00 bits per heavy atom. The van der Waals surface area contributed by atoms with E-state index < -0.39 is 45.6 Å². The third-order valence-corrected chi connectivity index (χ3v) is 7.22. The number of para-hydroxylation sites is 1. The van der Waals surface area contributed by atoms with Crippen LogP contribution in [0.1, 0.15) is 33.3 Å². The molecule has 0 spiro atoms. The maximum Gasteiger partial charge on any atom is 0.207 e. The Bertz CT molecular complexity index is 781. The van der Waals surface area contributed by atoms with Crippen LogP contribution in [0.15, 0.2) is 24.3 Å². The molecule has 6 atom stereocenters. The highest BCUT2D eigenvalue weighted by molar-refractivity contribution is 5.58. The topological polar surface area (TPSA) is 136 Å². The molecule has 0 radical (unpaired) electrons. The third kappa shape index (κ3) is 1.34. The summed E-state index contributed by atoms with van der Waals surface area (Å²) in [5.41, 5.74) is -1.97. The number of benzene rings is 1. The highest BCUT2D eigenvalue weighted by atomic mass is 16.7. The van der Waals surface area contributed by atoms with E-state index in [1.165, 1.54) is 6.07 Å². The lowest BCUT2D eigenvalue weighted by molar-refractivity contribution is -0.231. The SMILES string of the molecule is CC1(C)C2(O)O[C@H]([C@]3(O)C(O)C3(C)C)[C@](O)(c3ccccc3N)[C@]12O. The van der Waals surface area contributed by atoms with Crippen LogP contribution in [0.2, 0.25) is 0 Å². The minimum atomic E-state index is -2.21. The van der Waals surface area contributed by atoms with Crippen LogP contribution < -0.4 is 5.73 Å². The lowest BCUT2D eigenvalue weighted by Crippen LogP contribution is -2.58. The molecule has 7 heteroatoms. The van der Waals surface area contributed by atoms with Gasteiger partial charge in [-0.2, -0.15) is 0 Å². The van der Waals surface area contributed by atoms with Crippen molar-refractivity contribution in [2.45, 2.75) is 62.5 Å². The monoisotopic (exact) mass is 351 g/mol. The van der Waals surface area contributed by atoms with E-state index in [1.807, 2.05) is 0 Å². The smallest absolute Gasteiger partial charge is 0.207 e. The molecule has 0 aromatic heterocycles. The van der Waals surface area contributed by atoms with Gasteiger partial charge in [-0.1, -0.05) is 45.9 Å². The highest BCUT2D eigenvalue weighted by Gasteiger charge is 3.00. The zero-order valence-electron chi connectivity index (χ0n) is 14.7. The number of hydrogen-bond donors (Lipinski definition) is 6. The van der Waals surface area contributed by atoms with E-state index in [9.17, 15) is 25.5 Å². The van der Waals surface area contributed by atoms with Crippen LogP contribution >= 0.6 is 0 Å². The highest BCUT2D eigenvalue weighted by Crippen LogP contribution is 2.80. The fraction of sp³-hybridized carbons (Fsp3) is 0.667. The standard InChI is InChI=1S/C18H25NO6/c1-13(2)11(20)16(13,22)12-15(21,9-7-5-6-8-10(9)19)17(23)14(3,4)18(17,24)25-12/h5-8,11-12,20-24H,19H2,1-4H3/t11?,12-,15+,16+,17+,18?/m0/s1. The van der Waals surface area contributed by atoms with Crippen molar-refractivity contribution in [3.8, 4) is 0 Å². The number of hydrogen-bond acceptors (Lipinski definition) is 7. The van der Waals surface area contributed by atoms with Crippen LogP contribution in [-0.4, -0.2) is 54.7 Å². The zero-order valence-corrected chi connectivity index (χ0v) is 14.7. The van der Waals surface area contributed by atoms with Crippen molar-refractivity contribution in [3.63, 3.8) is 0 Å². The molecule has 1 saturated heterocycles. The summed E-state index contributed by atoms with van der Waals surface area (Å²) >= 11 is 0. The molecule has 25 heavy (non-hydrogen) atoms. The summed E-state index contributed by atoms with van der Waals surface area (Å²) in [6, 6.07) is 6.38. The van der Waals surface area contributed by atoms with Gasteiger partial charge in [0, 0.05) is 16.7 Å². The molecule has 3 fully saturated rings. The van der Waals surface area contributed by atoms with Gasteiger partial charge in [0.25, 0.3) is 0 Å². The van der Waals surface area contributed by atoms with Gasteiger partial charge >= 0.3 is 0 Å². The molecule has 1 heterocycles. The van der Waals surface area contributed by atoms with Crippen molar-refractivity contribution in [1.82, 2.24) is 0 Å². The van der Waals surface area contributed by atoms with Crippen molar-refractivity contribution in [2.24, 2.45) is 10.8 Å². The van der Waals surface area contributed by atoms with Crippen molar-refractivity contribution in [3.05, 3.63) is 29.8 Å². The first-order valence-electron chi connectivity index (χ1n) is 8.36. The zero-order chi connectivity index (χ0) is 18.8. The molecule has 2 aliphatic carbocycles. The Labute approximate surface area is 145 Å². The number of fused-ring (bicyclic) bond motifs is 1. The normalized spacial score (nSPS) is 51.9. The largest absolute Gasteiger partial charge is 0.398 e. The molecule has 0 amide bonds. The number of anilines is 1. The average Bonchev–Trinajstić information content (AvgIpc) is 3.02. The number of ether oxygens (including phenoxy) is 1. The predicted molar refractivity (Wildman–Crippen MR) is 88.0 cm³/mol. The van der Waals surface area contributed by atoms with E-state index in [0.29, 0.717) is 0 Å². The molecule has 2 unspecified atom stereocenters. The first-order valence-corrected chi connectivity index (χ1v) is 8.36. The van der Waals surface area contributed by atoms with Crippen LogP contribution in [0, 0.1) is 10.8 Å². The molecule has 7 nitrogen and oxygen atoms in total. The van der Waals surface area contributed by atoms with Crippen LogP contribution in [-0.2, 0) is 10.3 Å². The predicted octanol–water partition coefficient (Wildman–Crippen LogP) is -0.554. The van der Waals surface area contributed by atoms with Gasteiger partial charge in [0.1, 0.15) is 11.7 Å². The molecule has 7 N–H and O–H groups in total. The summed E-state index contributed by atoms with van der Waals surface area (Å²) in [6.07, 6.45) is -2.65. The van der Waals surface area contributed by atoms with Crippen molar-refractivity contribution in [1.29, 1.82) is 0 Å². The molecule has 2 saturated carbocycles. The van der Waals surface area contributed by atoms with Gasteiger partial charge in [-0.05, 0) is 6.07 Å². The second-order valence-corrected chi connectivity index (χ2v) is 8.78. The van der Waals surface area contributed by atoms with Crippen molar-refractivity contribution < 1.29 is 30.3 Å². The maximum absolute atomic E-state index is 11.7. The Kier molecular flexibility index (Phi) is 2.77. The van der Waals surface area contributed by atoms with Crippen LogP contribution in [0.4, 0.5) is 5.69 Å². The van der Waals surface area contributed by atoms with Gasteiger partial charge in [-0.25, -0.2) is 0 Å². The molecule has 0 bridgehead atoms. The lowest BCUT2D eigenvalue weighted by atomic mass is 9.74. The van der Waals surface area contributed by atoms with Gasteiger partial charge in [0.05, 0.1) is 11.5 Å². The van der Waals surface area contributed by atoms with Crippen LogP contribution in [0.3, 0.4) is 0 Å². The van der Waals surface area contributed by atoms with Crippen molar-refractivity contribution >= 4 is 5.69 Å². The Hall–Kier alpha value is -1.22. The second kappa shape index (κ2) is 4.03. The number of aliphatic hydroxyl groups excluding tert-OH is 1. The van der Waals surface area contributed by atoms with Gasteiger partial charge in [0.15, 0.2) is 11.2 Å². The second-order valence-electron chi connectivity index (χ2n) is 8.78. The Balaban J connectivity index is 1.96. The maximum atomic E-state index is 11.7. The van der Waals surface area contributed by atoms with Gasteiger partial charge < -0.3 is 36.0 Å². The molecular formula is C18H25NO6. The first kappa shape index (κ1) is 17.2. The first-order chi connectivity index (χ1) is 11.3. The minimum Gasteiger partial charge on any atom is -0.398 e. The summed E-state index contributed by atoms with van der Waals surface area (Å²) in [6.45, 7) is 6.37. The lowest BCUT2D eigenvalue weighted by Gasteiger charge is -2.41. The number of nitrogens with two attached hydrogens (primary N) is 1. The van der Waals surface area contributed by atoms with Gasteiger partial charge in [-0.15, -0.1) is 0 Å². The Morgan fingerprint density at radius 2 is 1.52 bits per heavy atom. The average molecular weight is 351 g/mol. The molecule has 138 valence electrons. The summed E-state index contributed by atoms with van der Waals surface area (Å²) < 4.78 is 5.69. The summed E-state index contributed by atoms with van der Waals surface area (Å²) in [4.78, 5) is 0. The van der Waals surface area contributed by atoms with Crippen molar-refractivity contribution in [2.75, 3.05) is 5.73 Å². The van der Waals surface area contributed by atoms with Crippen LogP contribution in [0.5, 0.6) is 0 Å². The molecule has 4 rings (SSSR count). The fourth-order valence-electron chi connectivity index (χ4n) is 5.02. The van der Waals surface area contributed by atoms with Gasteiger partial charge in [-0.3, -0.25) is 0 Å². The summed E-state index contributed by atoms with van der Waals surface area (Å²) in [5.74, 6) is -2.07. The molecule has 1 aromatic rings. The van der Waals surface area contributed by atoms with E-state index in [0.717, 1.165) is 0 Å². The molecule has 3 aliphatic rings. The van der Waals surface area contributed by atoms with E-state index in [2.05, 4.69) is 0 Å². The third-order valence-electron chi connectivity index (χ3n) is 7.22. The number of rotatable bonds is 2.